The van der Waals surface area contributed by atoms with Crippen molar-refractivity contribution in [2.24, 2.45) is 0 Å². The fourth-order valence-corrected chi connectivity index (χ4v) is 2.33. The molecule has 1 N–H and O–H groups in total. The lowest BCUT2D eigenvalue weighted by Gasteiger charge is -2.30. The topological polar surface area (TPSA) is 36.4 Å². The molecule has 20 heavy (non-hydrogen) atoms. The molecule has 1 heterocycles. The molecule has 1 aromatic carbocycles. The molecule has 0 aliphatic heterocycles. The number of aliphatic hydroxyl groups is 1. The summed E-state index contributed by atoms with van der Waals surface area (Å²) in [4.78, 5) is 4.46. The van der Waals surface area contributed by atoms with Crippen molar-refractivity contribution < 1.29 is 13.3 Å². The SMILES string of the molecule is [2H]C([2H])([2H])N(CCC(O)(c1ccc(Br)cc1)c1cccnc1)C([2H])([2H])[2H]. The van der Waals surface area contributed by atoms with E-state index in [0.717, 1.165) is 4.47 Å². The largest absolute Gasteiger partial charge is 0.380 e. The number of nitrogens with zero attached hydrogens (tertiary/aromatic N) is 2. The van der Waals surface area contributed by atoms with Crippen LogP contribution in [-0.2, 0) is 5.60 Å². The van der Waals surface area contributed by atoms with E-state index in [1.165, 1.54) is 6.20 Å². The van der Waals surface area contributed by atoms with Gasteiger partial charge in [0, 0.05) is 37.2 Å². The van der Waals surface area contributed by atoms with Gasteiger partial charge in [0.2, 0.25) is 0 Å². The van der Waals surface area contributed by atoms with Gasteiger partial charge in [-0.2, -0.15) is 0 Å². The van der Waals surface area contributed by atoms with Crippen LogP contribution in [0.4, 0.5) is 0 Å². The van der Waals surface area contributed by atoms with E-state index in [2.05, 4.69) is 20.9 Å². The highest BCUT2D eigenvalue weighted by molar-refractivity contribution is 9.10. The summed E-state index contributed by atoms with van der Waals surface area (Å²) in [7, 11) is 0. The Hall–Kier alpha value is -1.23. The van der Waals surface area contributed by atoms with Gasteiger partial charge in [0.15, 0.2) is 0 Å². The third-order valence-corrected chi connectivity index (χ3v) is 3.69. The Morgan fingerprint density at radius 2 is 2.00 bits per heavy atom. The Morgan fingerprint density at radius 1 is 1.25 bits per heavy atom. The standard InChI is InChI=1S/C16H19BrN2O/c1-19(2)11-9-16(20,14-4-3-10-18-12-14)13-5-7-15(17)8-6-13/h3-8,10,12,20H,9,11H2,1-2H3/i1D3,2D3. The number of aromatic nitrogens is 1. The van der Waals surface area contributed by atoms with Gasteiger partial charge in [-0.25, -0.2) is 0 Å². The van der Waals surface area contributed by atoms with Crippen LogP contribution in [0.3, 0.4) is 0 Å². The van der Waals surface area contributed by atoms with Crippen molar-refractivity contribution in [3.63, 3.8) is 0 Å². The molecule has 3 nitrogen and oxygen atoms in total. The summed E-state index contributed by atoms with van der Waals surface area (Å²) in [6.45, 7) is -5.96. The van der Waals surface area contributed by atoms with Gasteiger partial charge in [-0.15, -0.1) is 0 Å². The summed E-state index contributed by atoms with van der Waals surface area (Å²) in [6.07, 6.45) is 2.91. The number of hydrogen-bond donors (Lipinski definition) is 1. The molecule has 0 saturated heterocycles. The van der Waals surface area contributed by atoms with Crippen molar-refractivity contribution in [2.75, 3.05) is 20.5 Å². The summed E-state index contributed by atoms with van der Waals surface area (Å²) >= 11 is 3.33. The maximum atomic E-state index is 11.4. The molecule has 2 aromatic rings. The monoisotopic (exact) mass is 340 g/mol. The summed E-state index contributed by atoms with van der Waals surface area (Å²) < 4.78 is 45.8. The molecule has 0 spiro atoms. The van der Waals surface area contributed by atoms with Gasteiger partial charge < -0.3 is 10.0 Å². The Morgan fingerprint density at radius 3 is 2.60 bits per heavy atom. The Kier molecular flexibility index (Phi) is 2.89. The fourth-order valence-electron chi connectivity index (χ4n) is 2.06. The maximum absolute atomic E-state index is 11.4. The normalized spacial score (nSPS) is 19.9. The average Bonchev–Trinajstić information content (AvgIpc) is 2.53. The molecular weight excluding hydrogens is 316 g/mol. The smallest absolute Gasteiger partial charge is 0.117 e. The van der Waals surface area contributed by atoms with Gasteiger partial charge in [0.05, 0.1) is 0 Å². The van der Waals surface area contributed by atoms with Crippen molar-refractivity contribution >= 4 is 15.9 Å². The minimum absolute atomic E-state index is 0.128. The van der Waals surface area contributed by atoms with Gasteiger partial charge in [-0.1, -0.05) is 34.1 Å². The zero-order chi connectivity index (χ0) is 19.6. The van der Waals surface area contributed by atoms with Crippen LogP contribution in [0.15, 0.2) is 53.3 Å². The molecule has 1 atom stereocenters. The van der Waals surface area contributed by atoms with Crippen LogP contribution in [-0.4, -0.2) is 35.5 Å². The van der Waals surface area contributed by atoms with E-state index in [1.807, 2.05) is 0 Å². The maximum Gasteiger partial charge on any atom is 0.117 e. The van der Waals surface area contributed by atoms with Crippen molar-refractivity contribution in [2.45, 2.75) is 12.0 Å². The number of pyridine rings is 1. The van der Waals surface area contributed by atoms with E-state index >= 15 is 0 Å². The van der Waals surface area contributed by atoms with E-state index in [4.69, 9.17) is 8.22 Å². The second-order valence-electron chi connectivity index (χ2n) is 4.51. The van der Waals surface area contributed by atoms with Crippen molar-refractivity contribution in [1.82, 2.24) is 9.88 Å². The Balaban J connectivity index is 2.41. The molecule has 1 unspecified atom stereocenters. The number of hydrogen-bond acceptors (Lipinski definition) is 3. The van der Waals surface area contributed by atoms with E-state index in [9.17, 15) is 5.11 Å². The summed E-state index contributed by atoms with van der Waals surface area (Å²) in [5, 5.41) is 11.4. The van der Waals surface area contributed by atoms with Crippen molar-refractivity contribution in [1.29, 1.82) is 0 Å². The number of benzene rings is 1. The van der Waals surface area contributed by atoms with Crippen LogP contribution < -0.4 is 0 Å². The highest BCUT2D eigenvalue weighted by Gasteiger charge is 2.31. The van der Waals surface area contributed by atoms with Gasteiger partial charge in [0.25, 0.3) is 0 Å². The van der Waals surface area contributed by atoms with Crippen LogP contribution in [0.1, 0.15) is 25.8 Å². The predicted octanol–water partition coefficient (Wildman–Crippen LogP) is 3.03. The number of halogens is 1. The minimum atomic E-state index is -2.80. The quantitative estimate of drug-likeness (QED) is 0.908. The van der Waals surface area contributed by atoms with Gasteiger partial charge >= 0.3 is 0 Å². The molecular formula is C16H19BrN2O. The second-order valence-corrected chi connectivity index (χ2v) is 5.43. The van der Waals surface area contributed by atoms with Gasteiger partial charge in [0.1, 0.15) is 5.60 Å². The molecule has 4 heteroatoms. The van der Waals surface area contributed by atoms with Crippen LogP contribution in [0.25, 0.3) is 0 Å². The van der Waals surface area contributed by atoms with Crippen LogP contribution >= 0.6 is 15.9 Å². The minimum Gasteiger partial charge on any atom is -0.380 e. The zero-order valence-electron chi connectivity index (χ0n) is 16.8. The van der Waals surface area contributed by atoms with Crippen LogP contribution in [0, 0.1) is 0 Å². The second kappa shape index (κ2) is 6.48. The molecule has 0 aliphatic carbocycles. The molecule has 0 fully saturated rings. The molecule has 0 bridgehead atoms. The molecule has 0 saturated carbocycles. The third kappa shape index (κ3) is 3.45. The lowest BCUT2D eigenvalue weighted by atomic mass is 9.84. The van der Waals surface area contributed by atoms with Gasteiger partial charge in [-0.3, -0.25) is 4.98 Å². The summed E-state index contributed by atoms with van der Waals surface area (Å²) in [5.41, 5.74) is -0.605. The highest BCUT2D eigenvalue weighted by Crippen LogP contribution is 2.33. The first-order chi connectivity index (χ1) is 11.9. The van der Waals surface area contributed by atoms with Gasteiger partial charge in [-0.05, 0) is 44.1 Å². The fraction of sp³-hybridized carbons (Fsp3) is 0.312. The Bertz CT molecular complexity index is 706. The average molecular weight is 341 g/mol. The van der Waals surface area contributed by atoms with E-state index in [0.29, 0.717) is 16.0 Å². The molecule has 2 rings (SSSR count). The first-order valence-electron chi connectivity index (χ1n) is 9.11. The van der Waals surface area contributed by atoms with Crippen molar-refractivity contribution in [3.05, 3.63) is 64.4 Å². The van der Waals surface area contributed by atoms with E-state index in [1.54, 1.807) is 42.6 Å². The molecule has 0 radical (unpaired) electrons. The predicted molar refractivity (Wildman–Crippen MR) is 84.5 cm³/mol. The molecule has 1 aromatic heterocycles. The summed E-state index contributed by atoms with van der Waals surface area (Å²) in [6, 6.07) is 10.2. The van der Waals surface area contributed by atoms with E-state index in [-0.39, 0.29) is 13.0 Å². The molecule has 0 amide bonds. The Labute approximate surface area is 136 Å². The number of rotatable bonds is 5. The van der Waals surface area contributed by atoms with Crippen LogP contribution in [0.5, 0.6) is 0 Å². The lowest BCUT2D eigenvalue weighted by molar-refractivity contribution is 0.0625. The summed E-state index contributed by atoms with van der Waals surface area (Å²) in [5.74, 6) is 0. The zero-order valence-corrected chi connectivity index (χ0v) is 12.3. The third-order valence-electron chi connectivity index (χ3n) is 3.16. The van der Waals surface area contributed by atoms with Crippen molar-refractivity contribution in [3.8, 4) is 0 Å². The van der Waals surface area contributed by atoms with Crippen LogP contribution in [0.2, 0.25) is 0 Å². The molecule has 0 aliphatic rings. The van der Waals surface area contributed by atoms with E-state index < -0.39 is 19.6 Å². The lowest BCUT2D eigenvalue weighted by Crippen LogP contribution is -2.32. The molecule has 106 valence electrons. The first-order valence-corrected chi connectivity index (χ1v) is 6.90. The first kappa shape index (κ1) is 8.93. The highest BCUT2D eigenvalue weighted by atomic mass is 79.9.